The molecule has 0 bridgehead atoms. The van der Waals surface area contributed by atoms with Crippen molar-refractivity contribution in [2.75, 3.05) is 49.1 Å². The second-order valence-electron chi connectivity index (χ2n) is 8.32. The molecule has 29 heavy (non-hydrogen) atoms. The molecule has 10 nitrogen and oxygen atoms in total. The molecule has 0 N–H and O–H groups in total. The van der Waals surface area contributed by atoms with Gasteiger partial charge in [0.1, 0.15) is 11.4 Å². The topological polar surface area (TPSA) is 115 Å². The Hall–Kier alpha value is -3.00. The van der Waals surface area contributed by atoms with Crippen molar-refractivity contribution in [3.05, 3.63) is 28.8 Å². The Labute approximate surface area is 170 Å². The van der Waals surface area contributed by atoms with Crippen molar-refractivity contribution in [2.45, 2.75) is 32.8 Å². The van der Waals surface area contributed by atoms with Gasteiger partial charge in [0.25, 0.3) is 0 Å². The van der Waals surface area contributed by atoms with Crippen LogP contribution >= 0.6 is 0 Å². The number of hydrogen-bond donors (Lipinski definition) is 0. The average Bonchev–Trinajstić information content (AvgIpc) is 3.06. The van der Waals surface area contributed by atoms with Crippen LogP contribution in [0.3, 0.4) is 0 Å². The molecule has 0 saturated carbocycles. The number of piperazine rings is 1. The van der Waals surface area contributed by atoms with Crippen molar-refractivity contribution < 1.29 is 14.3 Å². The van der Waals surface area contributed by atoms with Crippen LogP contribution in [0.5, 0.6) is 0 Å². The number of pyridine rings is 1. The zero-order valence-electron chi connectivity index (χ0n) is 17.1. The van der Waals surface area contributed by atoms with E-state index in [1.165, 1.54) is 0 Å². The number of rotatable bonds is 4. The average molecular weight is 401 g/mol. The lowest BCUT2D eigenvalue weighted by Gasteiger charge is -2.36. The van der Waals surface area contributed by atoms with Gasteiger partial charge < -0.3 is 19.4 Å². The highest BCUT2D eigenvalue weighted by Gasteiger charge is 2.31. The van der Waals surface area contributed by atoms with Gasteiger partial charge in [0, 0.05) is 50.6 Å². The van der Waals surface area contributed by atoms with E-state index in [-0.39, 0.29) is 17.9 Å². The van der Waals surface area contributed by atoms with Crippen LogP contribution in [0.1, 0.15) is 27.2 Å². The molecule has 0 spiro atoms. The molecule has 2 aliphatic heterocycles. The molecule has 1 atom stereocenters. The first-order valence-corrected chi connectivity index (χ1v) is 9.77. The molecule has 2 fully saturated rings. The number of azide groups is 1. The van der Waals surface area contributed by atoms with Crippen LogP contribution in [-0.4, -0.2) is 66.8 Å². The number of hydrogen-bond acceptors (Lipinski definition) is 6. The molecule has 1 aromatic heterocycles. The lowest BCUT2D eigenvalue weighted by molar-refractivity contribution is -0.117. The van der Waals surface area contributed by atoms with Crippen LogP contribution in [0.25, 0.3) is 10.4 Å². The van der Waals surface area contributed by atoms with E-state index in [0.29, 0.717) is 45.7 Å². The number of carbonyl (C=O) groups is 2. The van der Waals surface area contributed by atoms with E-state index < -0.39 is 5.60 Å². The first-order valence-electron chi connectivity index (χ1n) is 9.77. The molecule has 2 saturated heterocycles. The van der Waals surface area contributed by atoms with Crippen LogP contribution < -0.4 is 9.80 Å². The van der Waals surface area contributed by atoms with Crippen LogP contribution in [0.4, 0.5) is 16.3 Å². The maximum Gasteiger partial charge on any atom is 0.410 e. The summed E-state index contributed by atoms with van der Waals surface area (Å²) >= 11 is 0. The molecule has 1 unspecified atom stereocenters. The zero-order chi connectivity index (χ0) is 21.0. The second kappa shape index (κ2) is 8.57. The smallest absolute Gasteiger partial charge is 0.410 e. The van der Waals surface area contributed by atoms with E-state index in [2.05, 4.69) is 19.9 Å². The molecule has 3 heterocycles. The van der Waals surface area contributed by atoms with Crippen LogP contribution in [0, 0.1) is 5.92 Å². The Balaban J connectivity index is 1.55. The van der Waals surface area contributed by atoms with Gasteiger partial charge in [-0.2, -0.15) is 0 Å². The van der Waals surface area contributed by atoms with E-state index in [1.807, 2.05) is 32.9 Å². The predicted octanol–water partition coefficient (Wildman–Crippen LogP) is 2.80. The van der Waals surface area contributed by atoms with E-state index in [1.54, 1.807) is 16.0 Å². The van der Waals surface area contributed by atoms with Gasteiger partial charge >= 0.3 is 6.09 Å². The summed E-state index contributed by atoms with van der Waals surface area (Å²) in [6, 6.07) is 3.78. The van der Waals surface area contributed by atoms with Crippen molar-refractivity contribution in [3.8, 4) is 0 Å². The number of amides is 2. The van der Waals surface area contributed by atoms with Gasteiger partial charge in [0.2, 0.25) is 5.91 Å². The third-order valence-corrected chi connectivity index (χ3v) is 4.91. The molecule has 2 amide bonds. The van der Waals surface area contributed by atoms with Crippen molar-refractivity contribution in [3.63, 3.8) is 0 Å². The quantitative estimate of drug-likeness (QED) is 0.437. The lowest BCUT2D eigenvalue weighted by atomic mass is 10.1. The van der Waals surface area contributed by atoms with Gasteiger partial charge in [-0.3, -0.25) is 4.79 Å². The standard InChI is InChI=1S/C19H27N7O3/c1-19(2,3)29-18(28)25-8-6-24(7-9-25)16-5-4-15(12-21-16)26-13-14(10-17(26)27)11-22-23-20/h4-5,12,14H,6-11,13H2,1-3H3. The largest absolute Gasteiger partial charge is 0.444 e. The van der Waals surface area contributed by atoms with Crippen LogP contribution in [0.15, 0.2) is 23.4 Å². The maximum absolute atomic E-state index is 12.2. The highest BCUT2D eigenvalue weighted by atomic mass is 16.6. The fraction of sp³-hybridized carbons (Fsp3) is 0.632. The van der Waals surface area contributed by atoms with E-state index >= 15 is 0 Å². The molecule has 2 aliphatic rings. The molecule has 10 heteroatoms. The van der Waals surface area contributed by atoms with Gasteiger partial charge in [0.15, 0.2) is 0 Å². The summed E-state index contributed by atoms with van der Waals surface area (Å²) in [5, 5.41) is 3.57. The SMILES string of the molecule is CC(C)(C)OC(=O)N1CCN(c2ccc(N3CC(CN=[N+]=[N-])CC3=O)cn2)CC1. The first kappa shape index (κ1) is 20.7. The number of nitrogens with zero attached hydrogens (tertiary/aromatic N) is 7. The minimum Gasteiger partial charge on any atom is -0.444 e. The molecular formula is C19H27N7O3. The highest BCUT2D eigenvalue weighted by Crippen LogP contribution is 2.26. The Bertz CT molecular complexity index is 791. The summed E-state index contributed by atoms with van der Waals surface area (Å²) in [5.74, 6) is 0.873. The fourth-order valence-corrected chi connectivity index (χ4v) is 3.47. The Kier molecular flexibility index (Phi) is 6.12. The van der Waals surface area contributed by atoms with Gasteiger partial charge in [0.05, 0.1) is 11.9 Å². The van der Waals surface area contributed by atoms with E-state index in [9.17, 15) is 9.59 Å². The second-order valence-corrected chi connectivity index (χ2v) is 8.32. The normalized spacial score (nSPS) is 19.9. The summed E-state index contributed by atoms with van der Waals surface area (Å²) in [7, 11) is 0. The Morgan fingerprint density at radius 2 is 2.03 bits per heavy atom. The Morgan fingerprint density at radius 1 is 1.31 bits per heavy atom. The minimum absolute atomic E-state index is 0.0173. The van der Waals surface area contributed by atoms with Crippen LogP contribution in [0.2, 0.25) is 0 Å². The molecule has 0 aliphatic carbocycles. The number of anilines is 2. The van der Waals surface area contributed by atoms with Gasteiger partial charge in [-0.1, -0.05) is 5.11 Å². The molecule has 0 aromatic carbocycles. The third-order valence-electron chi connectivity index (χ3n) is 4.91. The molecule has 0 radical (unpaired) electrons. The fourth-order valence-electron chi connectivity index (χ4n) is 3.47. The zero-order valence-corrected chi connectivity index (χ0v) is 17.1. The number of carbonyl (C=O) groups excluding carboxylic acids is 2. The van der Waals surface area contributed by atoms with Crippen molar-refractivity contribution >= 4 is 23.5 Å². The summed E-state index contributed by atoms with van der Waals surface area (Å²) < 4.78 is 5.42. The summed E-state index contributed by atoms with van der Waals surface area (Å²) in [4.78, 5) is 37.2. The molecule has 156 valence electrons. The van der Waals surface area contributed by atoms with E-state index in [0.717, 1.165) is 11.5 Å². The maximum atomic E-state index is 12.2. The van der Waals surface area contributed by atoms with Crippen LogP contribution in [-0.2, 0) is 9.53 Å². The van der Waals surface area contributed by atoms with Crippen molar-refractivity contribution in [1.82, 2.24) is 9.88 Å². The molecular weight excluding hydrogens is 374 g/mol. The summed E-state index contributed by atoms with van der Waals surface area (Å²) in [5.41, 5.74) is 8.69. The minimum atomic E-state index is -0.501. The Morgan fingerprint density at radius 3 is 2.62 bits per heavy atom. The predicted molar refractivity (Wildman–Crippen MR) is 109 cm³/mol. The lowest BCUT2D eigenvalue weighted by Crippen LogP contribution is -2.50. The number of ether oxygens (including phenoxy) is 1. The molecule has 1 aromatic rings. The third kappa shape index (κ3) is 5.29. The first-order chi connectivity index (χ1) is 13.8. The van der Waals surface area contributed by atoms with Gasteiger partial charge in [-0.05, 0) is 44.4 Å². The summed E-state index contributed by atoms with van der Waals surface area (Å²) in [6.07, 6.45) is 1.79. The van der Waals surface area contributed by atoms with Crippen molar-refractivity contribution in [1.29, 1.82) is 0 Å². The summed E-state index contributed by atoms with van der Waals surface area (Å²) in [6.45, 7) is 8.92. The highest BCUT2D eigenvalue weighted by molar-refractivity contribution is 5.95. The van der Waals surface area contributed by atoms with Gasteiger partial charge in [-0.25, -0.2) is 9.78 Å². The number of aromatic nitrogens is 1. The van der Waals surface area contributed by atoms with Gasteiger partial charge in [-0.15, -0.1) is 0 Å². The van der Waals surface area contributed by atoms with E-state index in [4.69, 9.17) is 10.3 Å². The monoisotopic (exact) mass is 401 g/mol. The molecule has 3 rings (SSSR count). The van der Waals surface area contributed by atoms with Crippen molar-refractivity contribution in [2.24, 2.45) is 11.0 Å².